The van der Waals surface area contributed by atoms with Crippen LogP contribution >= 0.6 is 11.3 Å². The lowest BCUT2D eigenvalue weighted by Crippen LogP contribution is -2.22. The number of benzene rings is 1. The number of hydrogen-bond donors (Lipinski definition) is 1. The molecule has 1 heterocycles. The third-order valence-corrected chi connectivity index (χ3v) is 4.02. The topological polar surface area (TPSA) is 23.5 Å². The highest BCUT2D eigenvalue weighted by atomic mass is 32.1. The van der Waals surface area contributed by atoms with Crippen LogP contribution in [0.4, 0.5) is 10.1 Å². The van der Waals surface area contributed by atoms with E-state index < -0.39 is 0 Å². The lowest BCUT2D eigenvalue weighted by molar-refractivity contribution is 0.305. The Bertz CT molecular complexity index is 641. The van der Waals surface area contributed by atoms with Gasteiger partial charge in [0.05, 0.1) is 18.8 Å². The summed E-state index contributed by atoms with van der Waals surface area (Å²) >= 11 is 1.62. The van der Waals surface area contributed by atoms with Crippen molar-refractivity contribution in [3.05, 3.63) is 52.0 Å². The molecule has 1 N–H and O–H groups in total. The average molecular weight is 303 g/mol. The molecule has 2 rings (SSSR count). The van der Waals surface area contributed by atoms with Gasteiger partial charge in [-0.05, 0) is 30.5 Å². The van der Waals surface area contributed by atoms with Gasteiger partial charge in [0.2, 0.25) is 0 Å². The SMILES string of the molecule is CCN(Cc1sccc1C#CCCO)c1ccccc1F. The predicted octanol–water partition coefficient (Wildman–Crippen LogP) is 3.65. The summed E-state index contributed by atoms with van der Waals surface area (Å²) in [5, 5.41) is 10.8. The minimum atomic E-state index is -0.205. The van der Waals surface area contributed by atoms with Gasteiger partial charge in [0.25, 0.3) is 0 Å². The van der Waals surface area contributed by atoms with E-state index in [-0.39, 0.29) is 12.4 Å². The highest BCUT2D eigenvalue weighted by Gasteiger charge is 2.12. The van der Waals surface area contributed by atoms with Crippen molar-refractivity contribution in [3.63, 3.8) is 0 Å². The molecule has 0 fully saturated rings. The van der Waals surface area contributed by atoms with Gasteiger partial charge in [0, 0.05) is 23.4 Å². The van der Waals surface area contributed by atoms with E-state index in [4.69, 9.17) is 5.11 Å². The Kier molecular flexibility index (Phi) is 5.79. The van der Waals surface area contributed by atoms with Crippen LogP contribution in [0, 0.1) is 17.7 Å². The minimum absolute atomic E-state index is 0.0722. The molecule has 2 nitrogen and oxygen atoms in total. The van der Waals surface area contributed by atoms with Gasteiger partial charge in [-0.1, -0.05) is 24.0 Å². The van der Waals surface area contributed by atoms with Crippen LogP contribution in [0.1, 0.15) is 23.8 Å². The molecule has 0 spiro atoms. The summed E-state index contributed by atoms with van der Waals surface area (Å²) in [5.74, 6) is 5.80. The fourth-order valence-corrected chi connectivity index (χ4v) is 2.88. The maximum absolute atomic E-state index is 13.9. The molecule has 0 unspecified atom stereocenters. The molecule has 0 aliphatic rings. The zero-order chi connectivity index (χ0) is 15.1. The van der Waals surface area contributed by atoms with E-state index in [9.17, 15) is 4.39 Å². The van der Waals surface area contributed by atoms with E-state index in [1.165, 1.54) is 6.07 Å². The Balaban J connectivity index is 2.19. The molecule has 2 aromatic rings. The molecule has 0 aliphatic carbocycles. The van der Waals surface area contributed by atoms with Crippen LogP contribution in [0.25, 0.3) is 0 Å². The quantitative estimate of drug-likeness (QED) is 0.852. The Labute approximate surface area is 128 Å². The highest BCUT2D eigenvalue weighted by molar-refractivity contribution is 7.10. The molecular formula is C17H18FNOS. The van der Waals surface area contributed by atoms with Crippen molar-refractivity contribution in [2.75, 3.05) is 18.1 Å². The normalized spacial score (nSPS) is 10.0. The summed E-state index contributed by atoms with van der Waals surface area (Å²) < 4.78 is 13.9. The van der Waals surface area contributed by atoms with Crippen LogP contribution in [0.15, 0.2) is 35.7 Å². The Morgan fingerprint density at radius 3 is 2.81 bits per heavy atom. The molecule has 0 radical (unpaired) electrons. The molecule has 21 heavy (non-hydrogen) atoms. The summed E-state index contributed by atoms with van der Waals surface area (Å²) in [6, 6.07) is 8.79. The first-order chi connectivity index (χ1) is 10.3. The molecule has 4 heteroatoms. The van der Waals surface area contributed by atoms with E-state index in [1.54, 1.807) is 23.5 Å². The van der Waals surface area contributed by atoms with Crippen molar-refractivity contribution in [1.29, 1.82) is 0 Å². The first kappa shape index (κ1) is 15.6. The van der Waals surface area contributed by atoms with Crippen molar-refractivity contribution >= 4 is 17.0 Å². The van der Waals surface area contributed by atoms with E-state index in [2.05, 4.69) is 11.8 Å². The largest absolute Gasteiger partial charge is 0.395 e. The van der Waals surface area contributed by atoms with Crippen molar-refractivity contribution in [2.45, 2.75) is 19.9 Å². The van der Waals surface area contributed by atoms with Crippen molar-refractivity contribution in [3.8, 4) is 11.8 Å². The molecule has 1 aromatic heterocycles. The number of rotatable bonds is 5. The van der Waals surface area contributed by atoms with Crippen LogP contribution in [-0.2, 0) is 6.54 Å². The van der Waals surface area contributed by atoms with E-state index in [0.717, 1.165) is 17.0 Å². The summed E-state index contributed by atoms with van der Waals surface area (Å²) in [7, 11) is 0. The van der Waals surface area contributed by atoms with Gasteiger partial charge in [-0.2, -0.15) is 0 Å². The molecule has 0 amide bonds. The number of anilines is 1. The smallest absolute Gasteiger partial charge is 0.146 e. The lowest BCUT2D eigenvalue weighted by atomic mass is 10.2. The zero-order valence-corrected chi connectivity index (χ0v) is 12.8. The fraction of sp³-hybridized carbons (Fsp3) is 0.294. The predicted molar refractivity (Wildman–Crippen MR) is 86.0 cm³/mol. The number of aliphatic hydroxyl groups is 1. The summed E-state index contributed by atoms with van der Waals surface area (Å²) in [4.78, 5) is 3.11. The number of aliphatic hydroxyl groups excluding tert-OH is 1. The monoisotopic (exact) mass is 303 g/mol. The molecule has 0 saturated heterocycles. The molecule has 0 bridgehead atoms. The van der Waals surface area contributed by atoms with Gasteiger partial charge < -0.3 is 10.0 Å². The Morgan fingerprint density at radius 2 is 2.10 bits per heavy atom. The maximum Gasteiger partial charge on any atom is 0.146 e. The van der Waals surface area contributed by atoms with E-state index in [0.29, 0.717) is 18.7 Å². The number of thiophene rings is 1. The van der Waals surface area contributed by atoms with Gasteiger partial charge in [0.15, 0.2) is 0 Å². The van der Waals surface area contributed by atoms with Crippen molar-refractivity contribution in [2.24, 2.45) is 0 Å². The van der Waals surface area contributed by atoms with Crippen molar-refractivity contribution in [1.82, 2.24) is 0 Å². The maximum atomic E-state index is 13.9. The highest BCUT2D eigenvalue weighted by Crippen LogP contribution is 2.24. The second-order valence-corrected chi connectivity index (χ2v) is 5.50. The first-order valence-electron chi connectivity index (χ1n) is 6.91. The summed E-state index contributed by atoms with van der Waals surface area (Å²) in [6.45, 7) is 3.44. The second kappa shape index (κ2) is 7.82. The Morgan fingerprint density at radius 1 is 1.29 bits per heavy atom. The molecule has 110 valence electrons. The third-order valence-electron chi connectivity index (χ3n) is 3.11. The summed E-state index contributed by atoms with van der Waals surface area (Å²) in [6.07, 6.45) is 0.472. The van der Waals surface area contributed by atoms with Gasteiger partial charge in [-0.15, -0.1) is 11.3 Å². The molecule has 0 saturated carbocycles. The number of para-hydroxylation sites is 1. The molecule has 1 aromatic carbocycles. The zero-order valence-electron chi connectivity index (χ0n) is 12.0. The van der Waals surface area contributed by atoms with Crippen molar-refractivity contribution < 1.29 is 9.50 Å². The van der Waals surface area contributed by atoms with Gasteiger partial charge in [-0.3, -0.25) is 0 Å². The lowest BCUT2D eigenvalue weighted by Gasteiger charge is -2.23. The van der Waals surface area contributed by atoms with Crippen LogP contribution in [0.5, 0.6) is 0 Å². The van der Waals surface area contributed by atoms with Gasteiger partial charge in [0.1, 0.15) is 5.82 Å². The average Bonchev–Trinajstić information content (AvgIpc) is 2.93. The minimum Gasteiger partial charge on any atom is -0.395 e. The number of hydrogen-bond acceptors (Lipinski definition) is 3. The fourth-order valence-electron chi connectivity index (χ4n) is 2.04. The molecular weight excluding hydrogens is 285 g/mol. The summed E-state index contributed by atoms with van der Waals surface area (Å²) in [5.41, 5.74) is 1.57. The van der Waals surface area contributed by atoms with Gasteiger partial charge >= 0.3 is 0 Å². The Hall–Kier alpha value is -1.83. The first-order valence-corrected chi connectivity index (χ1v) is 7.79. The van der Waals surface area contributed by atoms with E-state index >= 15 is 0 Å². The van der Waals surface area contributed by atoms with Crippen LogP contribution in [-0.4, -0.2) is 18.3 Å². The number of nitrogens with zero attached hydrogens (tertiary/aromatic N) is 1. The van der Waals surface area contributed by atoms with Gasteiger partial charge in [-0.25, -0.2) is 4.39 Å². The van der Waals surface area contributed by atoms with Crippen LogP contribution in [0.2, 0.25) is 0 Å². The second-order valence-electron chi connectivity index (χ2n) is 4.50. The van der Waals surface area contributed by atoms with E-state index in [1.807, 2.05) is 29.3 Å². The van der Waals surface area contributed by atoms with Crippen LogP contribution < -0.4 is 4.90 Å². The molecule has 0 aliphatic heterocycles. The third kappa shape index (κ3) is 4.07. The molecule has 0 atom stereocenters. The van der Waals surface area contributed by atoms with Crippen LogP contribution in [0.3, 0.4) is 0 Å². The number of halogens is 1. The standard InChI is InChI=1S/C17H18FNOS/c1-2-19(16-9-4-3-8-15(16)18)13-17-14(10-12-21-17)7-5-6-11-20/h3-4,8-10,12,20H,2,6,11,13H2,1H3.